The highest BCUT2D eigenvalue weighted by molar-refractivity contribution is 6.19. The van der Waals surface area contributed by atoms with Gasteiger partial charge in [-0.3, -0.25) is 0 Å². The normalized spacial score (nSPS) is 11.5. The molecule has 0 aliphatic rings. The zero-order valence-corrected chi connectivity index (χ0v) is 21.7. The molecule has 0 unspecified atom stereocenters. The maximum atomic E-state index is 5.94. The van der Waals surface area contributed by atoms with Gasteiger partial charge in [0.1, 0.15) is 5.58 Å². The summed E-state index contributed by atoms with van der Waals surface area (Å²) in [5.74, 6) is 0. The molecule has 0 fully saturated rings. The number of hydrogen-bond donors (Lipinski definition) is 0. The fraction of sp³-hybridized carbons (Fsp3) is 0. The van der Waals surface area contributed by atoms with Crippen molar-refractivity contribution in [2.45, 2.75) is 0 Å². The van der Waals surface area contributed by atoms with Crippen LogP contribution in [0.15, 0.2) is 150 Å². The molecule has 5 aromatic carbocycles. The van der Waals surface area contributed by atoms with Gasteiger partial charge < -0.3 is 8.98 Å². The topological polar surface area (TPSA) is 31.0 Å². The van der Waals surface area contributed by atoms with Crippen molar-refractivity contribution in [3.8, 4) is 39.3 Å². The van der Waals surface area contributed by atoms with Crippen LogP contribution >= 0.6 is 0 Å². The monoisotopic (exact) mass is 512 g/mol. The molecule has 0 radical (unpaired) electrons. The Balaban J connectivity index is 1.28. The van der Waals surface area contributed by atoms with Crippen molar-refractivity contribution in [3.05, 3.63) is 146 Å². The summed E-state index contributed by atoms with van der Waals surface area (Å²) < 4.78 is 8.26. The van der Waals surface area contributed by atoms with Gasteiger partial charge in [0.05, 0.1) is 34.1 Å². The maximum Gasteiger partial charge on any atom is 0.143 e. The van der Waals surface area contributed by atoms with Gasteiger partial charge in [-0.2, -0.15) is 0 Å². The molecule has 188 valence electrons. The Labute approximate surface area is 231 Å². The van der Waals surface area contributed by atoms with Gasteiger partial charge in [0, 0.05) is 27.6 Å². The molecule has 40 heavy (non-hydrogen) atoms. The number of pyridine rings is 1. The smallest absolute Gasteiger partial charge is 0.143 e. The van der Waals surface area contributed by atoms with E-state index in [4.69, 9.17) is 9.40 Å². The SMILES string of the molecule is c1ccc(-c2cc(-c3ccccc3)nc(-c3ccc(-n4c5ccccc5c5c6occc6ccc54)cc3)c2)cc1. The molecule has 0 bridgehead atoms. The average molecular weight is 513 g/mol. The van der Waals surface area contributed by atoms with Crippen molar-refractivity contribution in [2.75, 3.05) is 0 Å². The number of nitrogens with zero attached hydrogens (tertiary/aromatic N) is 2. The van der Waals surface area contributed by atoms with Gasteiger partial charge in [-0.1, -0.05) is 91.0 Å². The summed E-state index contributed by atoms with van der Waals surface area (Å²) in [4.78, 5) is 5.10. The van der Waals surface area contributed by atoms with Gasteiger partial charge >= 0.3 is 0 Å². The minimum absolute atomic E-state index is 0.930. The van der Waals surface area contributed by atoms with Gasteiger partial charge in [0.25, 0.3) is 0 Å². The molecular formula is C37H24N2O. The molecule has 0 aliphatic carbocycles. The zero-order valence-electron chi connectivity index (χ0n) is 21.7. The quantitative estimate of drug-likeness (QED) is 0.235. The van der Waals surface area contributed by atoms with E-state index in [0.717, 1.165) is 61.2 Å². The van der Waals surface area contributed by atoms with E-state index in [1.54, 1.807) is 6.26 Å². The van der Waals surface area contributed by atoms with E-state index in [1.807, 2.05) is 18.2 Å². The van der Waals surface area contributed by atoms with E-state index in [2.05, 4.69) is 126 Å². The van der Waals surface area contributed by atoms with Gasteiger partial charge in [0.15, 0.2) is 0 Å². The predicted octanol–water partition coefficient (Wildman–Crippen LogP) is 9.93. The van der Waals surface area contributed by atoms with E-state index in [1.165, 1.54) is 10.9 Å². The Morgan fingerprint density at radius 2 is 1.15 bits per heavy atom. The number of benzene rings is 5. The molecule has 0 spiro atoms. The number of fused-ring (bicyclic) bond motifs is 5. The third-order valence-electron chi connectivity index (χ3n) is 7.68. The molecule has 3 aromatic heterocycles. The minimum atomic E-state index is 0.930. The number of hydrogen-bond acceptors (Lipinski definition) is 2. The van der Waals surface area contributed by atoms with Crippen molar-refractivity contribution < 1.29 is 4.42 Å². The first kappa shape index (κ1) is 22.6. The summed E-state index contributed by atoms with van der Waals surface area (Å²) in [5, 5.41) is 3.45. The summed E-state index contributed by atoms with van der Waals surface area (Å²) in [7, 11) is 0. The first-order valence-corrected chi connectivity index (χ1v) is 13.5. The lowest BCUT2D eigenvalue weighted by molar-refractivity contribution is 0.619. The second kappa shape index (κ2) is 9.11. The van der Waals surface area contributed by atoms with Gasteiger partial charge in [0.2, 0.25) is 0 Å². The van der Waals surface area contributed by atoms with Crippen LogP contribution in [0, 0.1) is 0 Å². The zero-order chi connectivity index (χ0) is 26.5. The summed E-state index contributed by atoms with van der Waals surface area (Å²) in [6.07, 6.45) is 1.77. The fourth-order valence-corrected chi connectivity index (χ4v) is 5.77. The summed E-state index contributed by atoms with van der Waals surface area (Å²) in [6, 6.07) is 48.9. The van der Waals surface area contributed by atoms with Crippen molar-refractivity contribution in [2.24, 2.45) is 0 Å². The number of furan rings is 1. The number of para-hydroxylation sites is 1. The van der Waals surface area contributed by atoms with Crippen molar-refractivity contribution in [1.82, 2.24) is 9.55 Å². The molecule has 8 rings (SSSR count). The van der Waals surface area contributed by atoms with E-state index in [0.29, 0.717) is 0 Å². The number of aromatic nitrogens is 2. The van der Waals surface area contributed by atoms with Crippen LogP contribution in [0.1, 0.15) is 0 Å². The second-order valence-corrected chi connectivity index (χ2v) is 10.1. The Morgan fingerprint density at radius 3 is 1.90 bits per heavy atom. The van der Waals surface area contributed by atoms with Gasteiger partial charge in [-0.25, -0.2) is 4.98 Å². The Kier molecular flexibility index (Phi) is 5.14. The second-order valence-electron chi connectivity index (χ2n) is 10.1. The molecule has 0 saturated heterocycles. The van der Waals surface area contributed by atoms with Crippen LogP contribution in [-0.2, 0) is 0 Å². The summed E-state index contributed by atoms with van der Waals surface area (Å²) >= 11 is 0. The Bertz CT molecular complexity index is 2080. The standard InChI is InChI=1S/C37H24N2O/c1-3-9-25(10-4-1)29-23-32(26-11-5-2-6-12-26)38-33(24-29)27-15-18-30(19-16-27)39-34-14-8-7-13-31(34)36-35(39)20-17-28-21-22-40-37(28)36/h1-24H. The molecule has 0 amide bonds. The lowest BCUT2D eigenvalue weighted by atomic mass is 10.00. The minimum Gasteiger partial charge on any atom is -0.464 e. The average Bonchev–Trinajstić information content (AvgIpc) is 3.64. The van der Waals surface area contributed by atoms with Crippen molar-refractivity contribution in [1.29, 1.82) is 0 Å². The third-order valence-corrected chi connectivity index (χ3v) is 7.68. The van der Waals surface area contributed by atoms with Crippen LogP contribution in [0.5, 0.6) is 0 Å². The van der Waals surface area contributed by atoms with Crippen molar-refractivity contribution >= 4 is 32.8 Å². The number of rotatable bonds is 4. The van der Waals surface area contributed by atoms with Crippen LogP contribution in [0.4, 0.5) is 0 Å². The Morgan fingerprint density at radius 1 is 0.500 bits per heavy atom. The summed E-state index contributed by atoms with van der Waals surface area (Å²) in [5.41, 5.74) is 10.7. The van der Waals surface area contributed by atoms with Gasteiger partial charge in [-0.15, -0.1) is 0 Å². The van der Waals surface area contributed by atoms with Crippen LogP contribution in [-0.4, -0.2) is 9.55 Å². The Hall–Kier alpha value is -5.41. The van der Waals surface area contributed by atoms with Crippen LogP contribution < -0.4 is 0 Å². The molecule has 3 heteroatoms. The van der Waals surface area contributed by atoms with E-state index in [9.17, 15) is 0 Å². The van der Waals surface area contributed by atoms with Crippen LogP contribution in [0.25, 0.3) is 72.1 Å². The molecular weight excluding hydrogens is 488 g/mol. The maximum absolute atomic E-state index is 5.94. The molecule has 0 aliphatic heterocycles. The van der Waals surface area contributed by atoms with Gasteiger partial charge in [-0.05, 0) is 59.7 Å². The lowest BCUT2D eigenvalue weighted by Gasteiger charge is -2.12. The third kappa shape index (κ3) is 3.63. The fourth-order valence-electron chi connectivity index (χ4n) is 5.77. The first-order valence-electron chi connectivity index (χ1n) is 13.5. The molecule has 0 N–H and O–H groups in total. The van der Waals surface area contributed by atoms with E-state index in [-0.39, 0.29) is 0 Å². The highest BCUT2D eigenvalue weighted by Gasteiger charge is 2.16. The van der Waals surface area contributed by atoms with Crippen molar-refractivity contribution in [3.63, 3.8) is 0 Å². The summed E-state index contributed by atoms with van der Waals surface area (Å²) in [6.45, 7) is 0. The van der Waals surface area contributed by atoms with Crippen LogP contribution in [0.2, 0.25) is 0 Å². The molecule has 3 heterocycles. The van der Waals surface area contributed by atoms with E-state index < -0.39 is 0 Å². The largest absolute Gasteiger partial charge is 0.464 e. The molecule has 0 saturated carbocycles. The molecule has 8 aromatic rings. The van der Waals surface area contributed by atoms with Crippen LogP contribution in [0.3, 0.4) is 0 Å². The highest BCUT2D eigenvalue weighted by Crippen LogP contribution is 2.38. The molecule has 0 atom stereocenters. The predicted molar refractivity (Wildman–Crippen MR) is 165 cm³/mol. The highest BCUT2D eigenvalue weighted by atomic mass is 16.3. The first-order chi connectivity index (χ1) is 19.8. The van der Waals surface area contributed by atoms with E-state index >= 15 is 0 Å². The molecule has 3 nitrogen and oxygen atoms in total. The lowest BCUT2D eigenvalue weighted by Crippen LogP contribution is -1.95.